The molecule has 1 aromatic heterocycles. The lowest BCUT2D eigenvalue weighted by atomic mass is 10.3. The fourth-order valence-corrected chi connectivity index (χ4v) is 1.93. The van der Waals surface area contributed by atoms with Gasteiger partial charge >= 0.3 is 0 Å². The van der Waals surface area contributed by atoms with Crippen LogP contribution >= 0.6 is 0 Å². The van der Waals surface area contributed by atoms with E-state index in [2.05, 4.69) is 39.6 Å². The van der Waals surface area contributed by atoms with Crippen LogP contribution in [0.4, 0.5) is 17.5 Å². The summed E-state index contributed by atoms with van der Waals surface area (Å²) < 4.78 is 5.14. The highest BCUT2D eigenvalue weighted by atomic mass is 16.5. The van der Waals surface area contributed by atoms with Gasteiger partial charge in [0.2, 0.25) is 5.95 Å². The molecule has 118 valence electrons. The zero-order valence-electron chi connectivity index (χ0n) is 13.3. The fraction of sp³-hybridized carbons (Fsp3) is 0.375. The first-order valence-corrected chi connectivity index (χ1v) is 7.30. The quantitative estimate of drug-likeness (QED) is 0.731. The summed E-state index contributed by atoms with van der Waals surface area (Å²) in [5.74, 6) is 2.22. The van der Waals surface area contributed by atoms with Crippen molar-refractivity contribution >= 4 is 17.5 Å². The Morgan fingerprint density at radius 2 is 1.91 bits per heavy atom. The van der Waals surface area contributed by atoms with Crippen molar-refractivity contribution in [3.05, 3.63) is 36.5 Å². The summed E-state index contributed by atoms with van der Waals surface area (Å²) in [6.45, 7) is 1.94. The second-order valence-corrected chi connectivity index (χ2v) is 5.20. The molecule has 0 radical (unpaired) electrons. The van der Waals surface area contributed by atoms with Gasteiger partial charge in [-0.2, -0.15) is 4.98 Å². The molecule has 0 aliphatic heterocycles. The van der Waals surface area contributed by atoms with Gasteiger partial charge in [-0.15, -0.1) is 0 Å². The monoisotopic (exact) mass is 301 g/mol. The summed E-state index contributed by atoms with van der Waals surface area (Å²) in [4.78, 5) is 10.8. The summed E-state index contributed by atoms with van der Waals surface area (Å²) in [6.07, 6.45) is 2.81. The number of hydrogen-bond acceptors (Lipinski definition) is 6. The third-order valence-corrected chi connectivity index (χ3v) is 3.09. The van der Waals surface area contributed by atoms with Crippen LogP contribution in [-0.4, -0.2) is 49.2 Å². The Labute approximate surface area is 131 Å². The largest absolute Gasteiger partial charge is 0.497 e. The van der Waals surface area contributed by atoms with Crippen LogP contribution in [0.15, 0.2) is 36.5 Å². The molecule has 6 heteroatoms. The number of hydrogen-bond donors (Lipinski definition) is 2. The number of methoxy groups -OCH3 is 1. The molecule has 22 heavy (non-hydrogen) atoms. The van der Waals surface area contributed by atoms with E-state index in [1.807, 2.05) is 30.3 Å². The molecule has 1 aromatic carbocycles. The summed E-state index contributed by atoms with van der Waals surface area (Å²) in [6, 6.07) is 9.52. The first kappa shape index (κ1) is 16.0. The summed E-state index contributed by atoms with van der Waals surface area (Å²) in [5.41, 5.74) is 0.922. The lowest BCUT2D eigenvalue weighted by Gasteiger charge is -2.11. The van der Waals surface area contributed by atoms with Gasteiger partial charge in [0.05, 0.1) is 7.11 Å². The number of nitrogens with one attached hydrogen (secondary N) is 2. The van der Waals surface area contributed by atoms with E-state index in [1.54, 1.807) is 13.3 Å². The second-order valence-electron chi connectivity index (χ2n) is 5.20. The van der Waals surface area contributed by atoms with E-state index in [4.69, 9.17) is 4.74 Å². The minimum Gasteiger partial charge on any atom is -0.497 e. The SMILES string of the molecule is COc1ccc(Nc2nccc(NCCCN(C)C)n2)cc1. The Morgan fingerprint density at radius 1 is 1.14 bits per heavy atom. The molecule has 1 heterocycles. The van der Waals surface area contributed by atoms with Crippen molar-refractivity contribution in [2.75, 3.05) is 44.9 Å². The molecule has 0 aliphatic carbocycles. The van der Waals surface area contributed by atoms with Crippen molar-refractivity contribution < 1.29 is 4.74 Å². The average molecular weight is 301 g/mol. The van der Waals surface area contributed by atoms with Gasteiger partial charge in [-0.3, -0.25) is 0 Å². The van der Waals surface area contributed by atoms with E-state index in [1.165, 1.54) is 0 Å². The molecule has 2 aromatic rings. The van der Waals surface area contributed by atoms with E-state index in [0.29, 0.717) is 5.95 Å². The molecular formula is C16H23N5O. The highest BCUT2D eigenvalue weighted by Gasteiger charge is 2.01. The molecule has 0 aliphatic rings. The molecule has 0 spiro atoms. The second kappa shape index (κ2) is 8.19. The van der Waals surface area contributed by atoms with Crippen LogP contribution in [0, 0.1) is 0 Å². The Bertz CT molecular complexity index is 571. The summed E-state index contributed by atoms with van der Waals surface area (Å²) in [7, 11) is 5.79. The van der Waals surface area contributed by atoms with Crippen LogP contribution in [0.1, 0.15) is 6.42 Å². The van der Waals surface area contributed by atoms with Crippen LogP contribution in [0.25, 0.3) is 0 Å². The molecule has 0 saturated heterocycles. The van der Waals surface area contributed by atoms with Crippen molar-refractivity contribution in [3.8, 4) is 5.75 Å². The Morgan fingerprint density at radius 3 is 2.59 bits per heavy atom. The maximum absolute atomic E-state index is 5.14. The topological polar surface area (TPSA) is 62.3 Å². The maximum atomic E-state index is 5.14. The number of anilines is 3. The molecule has 2 rings (SSSR count). The molecule has 0 fully saturated rings. The van der Waals surface area contributed by atoms with Crippen LogP contribution in [0.5, 0.6) is 5.75 Å². The van der Waals surface area contributed by atoms with Gasteiger partial charge in [-0.25, -0.2) is 4.98 Å². The van der Waals surface area contributed by atoms with Crippen molar-refractivity contribution in [3.63, 3.8) is 0 Å². The number of rotatable bonds is 8. The van der Waals surface area contributed by atoms with Crippen molar-refractivity contribution in [2.24, 2.45) is 0 Å². The molecule has 0 amide bonds. The Balaban J connectivity index is 1.90. The van der Waals surface area contributed by atoms with Gasteiger partial charge in [0.25, 0.3) is 0 Å². The van der Waals surface area contributed by atoms with Crippen molar-refractivity contribution in [2.45, 2.75) is 6.42 Å². The van der Waals surface area contributed by atoms with E-state index < -0.39 is 0 Å². The standard InChI is InChI=1S/C16H23N5O/c1-21(2)12-4-10-17-15-9-11-18-16(20-15)19-13-5-7-14(22-3)8-6-13/h5-9,11H,4,10,12H2,1-3H3,(H2,17,18,19,20). The predicted molar refractivity (Wildman–Crippen MR) is 90.0 cm³/mol. The number of nitrogens with zero attached hydrogens (tertiary/aromatic N) is 3. The minimum absolute atomic E-state index is 0.572. The lowest BCUT2D eigenvalue weighted by Crippen LogP contribution is -2.16. The molecular weight excluding hydrogens is 278 g/mol. The van der Waals surface area contributed by atoms with E-state index in [0.717, 1.165) is 36.8 Å². The number of benzene rings is 1. The maximum Gasteiger partial charge on any atom is 0.229 e. The van der Waals surface area contributed by atoms with Gasteiger partial charge < -0.3 is 20.3 Å². The molecule has 0 unspecified atom stereocenters. The number of ether oxygens (including phenoxy) is 1. The normalized spacial score (nSPS) is 10.5. The molecule has 0 bridgehead atoms. The van der Waals surface area contributed by atoms with Crippen LogP contribution < -0.4 is 15.4 Å². The molecule has 6 nitrogen and oxygen atoms in total. The van der Waals surface area contributed by atoms with Gasteiger partial charge in [0, 0.05) is 18.4 Å². The molecule has 2 N–H and O–H groups in total. The average Bonchev–Trinajstić information content (AvgIpc) is 2.52. The van der Waals surface area contributed by atoms with Crippen LogP contribution in [0.2, 0.25) is 0 Å². The summed E-state index contributed by atoms with van der Waals surface area (Å²) >= 11 is 0. The Hall–Kier alpha value is -2.34. The van der Waals surface area contributed by atoms with Crippen LogP contribution in [-0.2, 0) is 0 Å². The molecule has 0 atom stereocenters. The van der Waals surface area contributed by atoms with E-state index in [-0.39, 0.29) is 0 Å². The first-order valence-electron chi connectivity index (χ1n) is 7.30. The minimum atomic E-state index is 0.572. The number of aromatic nitrogens is 2. The smallest absolute Gasteiger partial charge is 0.229 e. The van der Waals surface area contributed by atoms with Crippen LogP contribution in [0.3, 0.4) is 0 Å². The van der Waals surface area contributed by atoms with E-state index in [9.17, 15) is 0 Å². The lowest BCUT2D eigenvalue weighted by molar-refractivity contribution is 0.405. The highest BCUT2D eigenvalue weighted by Crippen LogP contribution is 2.18. The van der Waals surface area contributed by atoms with Gasteiger partial charge in [-0.1, -0.05) is 0 Å². The van der Waals surface area contributed by atoms with E-state index >= 15 is 0 Å². The third-order valence-electron chi connectivity index (χ3n) is 3.09. The Kier molecular flexibility index (Phi) is 5.97. The predicted octanol–water partition coefficient (Wildman–Crippen LogP) is 2.59. The summed E-state index contributed by atoms with van der Waals surface area (Å²) in [5, 5.41) is 6.48. The zero-order valence-corrected chi connectivity index (χ0v) is 13.3. The van der Waals surface area contributed by atoms with Crippen molar-refractivity contribution in [1.82, 2.24) is 14.9 Å². The van der Waals surface area contributed by atoms with Gasteiger partial charge in [0.15, 0.2) is 0 Å². The van der Waals surface area contributed by atoms with Gasteiger partial charge in [0.1, 0.15) is 11.6 Å². The first-order chi connectivity index (χ1) is 10.7. The highest BCUT2D eigenvalue weighted by molar-refractivity contribution is 5.55. The fourth-order valence-electron chi connectivity index (χ4n) is 1.93. The zero-order chi connectivity index (χ0) is 15.8. The van der Waals surface area contributed by atoms with Crippen molar-refractivity contribution in [1.29, 1.82) is 0 Å². The van der Waals surface area contributed by atoms with Gasteiger partial charge in [-0.05, 0) is 57.4 Å². The molecule has 0 saturated carbocycles. The third kappa shape index (κ3) is 5.21.